The van der Waals surface area contributed by atoms with Crippen LogP contribution in [0, 0.1) is 5.82 Å². The smallest absolute Gasteiger partial charge is 0.311 e. The van der Waals surface area contributed by atoms with Crippen molar-refractivity contribution in [2.24, 2.45) is 4.99 Å². The van der Waals surface area contributed by atoms with Crippen molar-refractivity contribution in [2.45, 2.75) is 32.3 Å². The van der Waals surface area contributed by atoms with Crippen LogP contribution in [-0.2, 0) is 16.2 Å². The topological polar surface area (TPSA) is 128 Å². The molecule has 202 valence electrons. The summed E-state index contributed by atoms with van der Waals surface area (Å²) in [5.74, 6) is -2.85. The third-order valence-electron chi connectivity index (χ3n) is 6.20. The van der Waals surface area contributed by atoms with Crippen molar-refractivity contribution >= 4 is 40.6 Å². The second kappa shape index (κ2) is 12.1. The van der Waals surface area contributed by atoms with Crippen molar-refractivity contribution in [3.63, 3.8) is 0 Å². The number of phenols is 1. The van der Waals surface area contributed by atoms with Gasteiger partial charge in [-0.05, 0) is 65.2 Å². The number of benzene rings is 3. The number of aliphatic hydroxyl groups is 1. The van der Waals surface area contributed by atoms with Crippen LogP contribution in [0.2, 0.25) is 0 Å². The normalized spacial score (nSPS) is 15.9. The number of hydrogen-bond acceptors (Lipinski definition) is 7. The van der Waals surface area contributed by atoms with Gasteiger partial charge in [0.1, 0.15) is 5.82 Å². The summed E-state index contributed by atoms with van der Waals surface area (Å²) in [6.07, 6.45) is 2.64. The van der Waals surface area contributed by atoms with Gasteiger partial charge in [0.05, 0.1) is 30.2 Å². The molecular formula is C29H27FN2O6S. The highest BCUT2D eigenvalue weighted by molar-refractivity contribution is 8.18. The molecule has 0 radical (unpaired) electrons. The number of rotatable bonds is 9. The highest BCUT2D eigenvalue weighted by Gasteiger charge is 2.25. The molecule has 3 aromatic rings. The summed E-state index contributed by atoms with van der Waals surface area (Å²) >= 11 is 1.11. The Kier molecular flexibility index (Phi) is 8.68. The van der Waals surface area contributed by atoms with Crippen molar-refractivity contribution in [2.75, 3.05) is 7.11 Å². The quantitative estimate of drug-likeness (QED) is 0.257. The summed E-state index contributed by atoms with van der Waals surface area (Å²) in [6.45, 7) is 1.50. The molecule has 3 aromatic carbocycles. The molecule has 1 amide bonds. The molecule has 4 rings (SSSR count). The van der Waals surface area contributed by atoms with E-state index in [-0.39, 0.29) is 40.4 Å². The van der Waals surface area contributed by atoms with Crippen LogP contribution in [0.5, 0.6) is 11.5 Å². The molecule has 1 atom stereocenters. The van der Waals surface area contributed by atoms with E-state index < -0.39 is 17.7 Å². The number of nitrogens with one attached hydrogen (secondary N) is 1. The van der Waals surface area contributed by atoms with Crippen molar-refractivity contribution in [3.8, 4) is 22.6 Å². The number of amidine groups is 1. The van der Waals surface area contributed by atoms with E-state index in [0.29, 0.717) is 23.3 Å². The summed E-state index contributed by atoms with van der Waals surface area (Å²) in [4.78, 5) is 28.7. The zero-order chi connectivity index (χ0) is 28.1. The average Bonchev–Trinajstić information content (AvgIpc) is 3.26. The number of aliphatic hydroxyl groups excluding tert-OH is 1. The lowest BCUT2D eigenvalue weighted by atomic mass is 9.94. The van der Waals surface area contributed by atoms with E-state index in [1.165, 1.54) is 25.3 Å². The van der Waals surface area contributed by atoms with Gasteiger partial charge in [0.2, 0.25) is 0 Å². The fraction of sp³-hybridized carbons (Fsp3) is 0.207. The van der Waals surface area contributed by atoms with Gasteiger partial charge in [0.15, 0.2) is 16.7 Å². The molecule has 1 saturated heterocycles. The van der Waals surface area contributed by atoms with Gasteiger partial charge in [-0.15, -0.1) is 0 Å². The number of ether oxygens (including phenoxy) is 1. The van der Waals surface area contributed by atoms with Gasteiger partial charge in [-0.2, -0.15) is 0 Å². The predicted octanol–water partition coefficient (Wildman–Crippen LogP) is 5.56. The number of thioether (sulfide) groups is 1. The molecular weight excluding hydrogens is 523 g/mol. The van der Waals surface area contributed by atoms with E-state index in [4.69, 9.17) is 4.74 Å². The van der Waals surface area contributed by atoms with E-state index in [0.717, 1.165) is 28.5 Å². The predicted molar refractivity (Wildman–Crippen MR) is 149 cm³/mol. The molecule has 0 bridgehead atoms. The second-order valence-electron chi connectivity index (χ2n) is 8.83. The zero-order valence-electron chi connectivity index (χ0n) is 21.3. The molecule has 0 saturated carbocycles. The average molecular weight is 551 g/mol. The Morgan fingerprint density at radius 3 is 2.51 bits per heavy atom. The maximum absolute atomic E-state index is 14.7. The summed E-state index contributed by atoms with van der Waals surface area (Å²) in [5, 5.41) is 32.0. The van der Waals surface area contributed by atoms with Gasteiger partial charge < -0.3 is 25.4 Å². The maximum atomic E-state index is 14.7. The van der Waals surface area contributed by atoms with Gasteiger partial charge in [-0.1, -0.05) is 43.7 Å². The van der Waals surface area contributed by atoms with Crippen molar-refractivity contribution in [1.82, 2.24) is 5.32 Å². The van der Waals surface area contributed by atoms with E-state index in [1.807, 2.05) is 31.2 Å². The minimum absolute atomic E-state index is 0.105. The Morgan fingerprint density at radius 1 is 1.15 bits per heavy atom. The van der Waals surface area contributed by atoms with Crippen LogP contribution in [0.4, 0.5) is 10.1 Å². The molecule has 0 spiro atoms. The van der Waals surface area contributed by atoms with E-state index in [9.17, 15) is 29.3 Å². The summed E-state index contributed by atoms with van der Waals surface area (Å²) in [7, 11) is 1.44. The SMILES string of the molecule is CCCC(C(=O)O)c1ccc(N=C2NC(=O)/C(=C\c3ccc(-c4cc(CO)c(O)c(OC)c4)cc3)S2)cc1F. The maximum Gasteiger partial charge on any atom is 0.311 e. The number of methoxy groups -OCH3 is 1. The standard InChI is InChI=1S/C29H27FN2O6S/c1-3-4-22(28(36)37)21-10-9-20(14-23(21)30)31-29-32-27(35)25(39-29)11-16-5-7-17(8-6-16)18-12-19(15-33)26(34)24(13-18)38-2/h5-14,22,33-34H,3-4,15H2,1-2H3,(H,36,37)(H,31,32,35)/b25-11+. The summed E-state index contributed by atoms with van der Waals surface area (Å²) in [5.41, 5.74) is 3.05. The lowest BCUT2D eigenvalue weighted by molar-refractivity contribution is -0.139. The van der Waals surface area contributed by atoms with Crippen LogP contribution in [0.15, 0.2) is 64.5 Å². The van der Waals surface area contributed by atoms with Crippen molar-refractivity contribution in [1.29, 1.82) is 0 Å². The van der Waals surface area contributed by atoms with Gasteiger partial charge in [0, 0.05) is 11.1 Å². The molecule has 1 unspecified atom stereocenters. The summed E-state index contributed by atoms with van der Waals surface area (Å²) < 4.78 is 19.9. The molecule has 39 heavy (non-hydrogen) atoms. The molecule has 0 aromatic heterocycles. The first kappa shape index (κ1) is 27.9. The first-order valence-electron chi connectivity index (χ1n) is 12.2. The molecule has 0 aliphatic carbocycles. The van der Waals surface area contributed by atoms with Crippen LogP contribution < -0.4 is 10.1 Å². The number of amides is 1. The van der Waals surface area contributed by atoms with Crippen LogP contribution in [0.1, 0.15) is 42.4 Å². The minimum atomic E-state index is -1.08. The number of aliphatic carboxylic acids is 1. The first-order chi connectivity index (χ1) is 18.7. The molecule has 1 aliphatic heterocycles. The van der Waals surface area contributed by atoms with Crippen LogP contribution in [-0.4, -0.2) is 39.5 Å². The van der Waals surface area contributed by atoms with Crippen molar-refractivity contribution in [3.05, 3.63) is 82.0 Å². The number of nitrogens with zero attached hydrogens (tertiary/aromatic N) is 1. The summed E-state index contributed by atoms with van der Waals surface area (Å²) in [6, 6.07) is 14.8. The van der Waals surface area contributed by atoms with E-state index >= 15 is 0 Å². The van der Waals surface area contributed by atoms with Gasteiger partial charge in [-0.25, -0.2) is 9.38 Å². The third-order valence-corrected chi connectivity index (χ3v) is 7.11. The van der Waals surface area contributed by atoms with Gasteiger partial charge in [0.25, 0.3) is 5.91 Å². The van der Waals surface area contributed by atoms with Crippen LogP contribution in [0.25, 0.3) is 17.2 Å². The Hall–Kier alpha value is -4.15. The molecule has 1 aliphatic rings. The number of aromatic hydroxyl groups is 1. The Labute approximate surface area is 228 Å². The lowest BCUT2D eigenvalue weighted by Gasteiger charge is -2.12. The number of hydrogen-bond donors (Lipinski definition) is 4. The van der Waals surface area contributed by atoms with Gasteiger partial charge >= 0.3 is 5.97 Å². The monoisotopic (exact) mass is 550 g/mol. The number of carboxylic acids is 1. The van der Waals surface area contributed by atoms with Crippen LogP contribution in [0.3, 0.4) is 0 Å². The molecule has 1 fully saturated rings. The fourth-order valence-corrected chi connectivity index (χ4v) is 5.04. The Balaban J connectivity index is 1.52. The lowest BCUT2D eigenvalue weighted by Crippen LogP contribution is -2.19. The van der Waals surface area contributed by atoms with Gasteiger partial charge in [-0.3, -0.25) is 9.59 Å². The first-order valence-corrected chi connectivity index (χ1v) is 13.0. The zero-order valence-corrected chi connectivity index (χ0v) is 22.1. The second-order valence-corrected chi connectivity index (χ2v) is 9.86. The number of aliphatic imine (C=N–C) groups is 1. The van der Waals surface area contributed by atoms with Crippen LogP contribution >= 0.6 is 11.8 Å². The largest absolute Gasteiger partial charge is 0.504 e. The fourth-order valence-electron chi connectivity index (χ4n) is 4.20. The highest BCUT2D eigenvalue weighted by Crippen LogP contribution is 2.36. The van der Waals surface area contributed by atoms with E-state index in [2.05, 4.69) is 10.3 Å². The molecule has 8 nitrogen and oxygen atoms in total. The minimum Gasteiger partial charge on any atom is -0.504 e. The molecule has 10 heteroatoms. The number of halogens is 1. The Bertz CT molecular complexity index is 1440. The molecule has 1 heterocycles. The van der Waals surface area contributed by atoms with Crippen molar-refractivity contribution < 1.29 is 34.0 Å². The third kappa shape index (κ3) is 6.30. The highest BCUT2D eigenvalue weighted by atomic mass is 32.2. The number of carbonyl (C=O) groups excluding carboxylic acids is 1. The Morgan fingerprint density at radius 2 is 1.90 bits per heavy atom. The number of carboxylic acid groups (broad SMARTS) is 1. The van der Waals surface area contributed by atoms with E-state index in [1.54, 1.807) is 18.2 Å². The number of carbonyl (C=O) groups is 2. The molecule has 4 N–H and O–H groups in total.